The first kappa shape index (κ1) is 21.8. The minimum Gasteiger partial charge on any atom is -0.379 e. The zero-order chi connectivity index (χ0) is 21.0. The Balaban J connectivity index is 1.94. The van der Waals surface area contributed by atoms with E-state index >= 15 is 0 Å². The van der Waals surface area contributed by atoms with Gasteiger partial charge in [0.15, 0.2) is 0 Å². The standard InChI is InChI=1S/C21H25ClN2O4S/c1-3-15-6-5-7-16(4-2)20(15)23-21(25)18-14-17(8-9-19(18)22)29(26,27)24-10-12-28-13-11-24/h5-9,14H,3-4,10-13H2,1-2H3,(H,23,25). The zero-order valence-corrected chi connectivity index (χ0v) is 18.1. The molecule has 0 aliphatic carbocycles. The Morgan fingerprint density at radius 3 is 2.31 bits per heavy atom. The Kier molecular flexibility index (Phi) is 6.95. The second-order valence-corrected chi connectivity index (χ2v) is 9.12. The zero-order valence-electron chi connectivity index (χ0n) is 16.6. The molecule has 156 valence electrons. The number of halogens is 1. The van der Waals surface area contributed by atoms with Gasteiger partial charge in [-0.2, -0.15) is 4.31 Å². The average molecular weight is 437 g/mol. The molecule has 0 atom stereocenters. The number of ether oxygens (including phenoxy) is 1. The molecule has 29 heavy (non-hydrogen) atoms. The van der Waals surface area contributed by atoms with Crippen LogP contribution in [-0.2, 0) is 27.6 Å². The molecule has 8 heteroatoms. The topological polar surface area (TPSA) is 75.7 Å². The van der Waals surface area contributed by atoms with E-state index in [4.69, 9.17) is 16.3 Å². The van der Waals surface area contributed by atoms with Crippen molar-refractivity contribution in [3.05, 3.63) is 58.1 Å². The number of nitrogens with zero attached hydrogens (tertiary/aromatic N) is 1. The van der Waals surface area contributed by atoms with Gasteiger partial charge in [0.25, 0.3) is 5.91 Å². The van der Waals surface area contributed by atoms with Gasteiger partial charge >= 0.3 is 0 Å². The average Bonchev–Trinajstić information content (AvgIpc) is 2.74. The third-order valence-corrected chi connectivity index (χ3v) is 7.25. The fourth-order valence-electron chi connectivity index (χ4n) is 3.36. The largest absolute Gasteiger partial charge is 0.379 e. The predicted octanol–water partition coefficient (Wildman–Crippen LogP) is 3.74. The van der Waals surface area contributed by atoms with Crippen LogP contribution in [0.2, 0.25) is 5.02 Å². The Hall–Kier alpha value is -1.93. The Bertz CT molecular complexity index is 979. The van der Waals surface area contributed by atoms with Crippen LogP contribution in [0.5, 0.6) is 0 Å². The number of carbonyl (C=O) groups is 1. The first-order chi connectivity index (χ1) is 13.9. The lowest BCUT2D eigenvalue weighted by Gasteiger charge is -2.26. The Morgan fingerprint density at radius 1 is 1.10 bits per heavy atom. The molecule has 0 spiro atoms. The predicted molar refractivity (Wildman–Crippen MR) is 114 cm³/mol. The van der Waals surface area contributed by atoms with Crippen molar-refractivity contribution in [2.75, 3.05) is 31.6 Å². The summed E-state index contributed by atoms with van der Waals surface area (Å²) in [6, 6.07) is 10.1. The maximum absolute atomic E-state index is 13.0. The molecule has 0 bridgehead atoms. The monoisotopic (exact) mass is 436 g/mol. The summed E-state index contributed by atoms with van der Waals surface area (Å²) in [5.74, 6) is -0.426. The number of carbonyl (C=O) groups excluding carboxylic acids is 1. The van der Waals surface area contributed by atoms with Gasteiger partial charge in [-0.05, 0) is 42.2 Å². The third-order valence-electron chi connectivity index (χ3n) is 5.03. The van der Waals surface area contributed by atoms with E-state index in [1.165, 1.54) is 22.5 Å². The second-order valence-electron chi connectivity index (χ2n) is 6.77. The smallest absolute Gasteiger partial charge is 0.257 e. The van der Waals surface area contributed by atoms with E-state index in [0.717, 1.165) is 29.7 Å². The van der Waals surface area contributed by atoms with Crippen LogP contribution >= 0.6 is 11.6 Å². The highest BCUT2D eigenvalue weighted by Crippen LogP contribution is 2.27. The van der Waals surface area contributed by atoms with Crippen molar-refractivity contribution in [1.29, 1.82) is 0 Å². The number of hydrogen-bond acceptors (Lipinski definition) is 4. The SMILES string of the molecule is CCc1cccc(CC)c1NC(=O)c1cc(S(=O)(=O)N2CCOCC2)ccc1Cl. The lowest BCUT2D eigenvalue weighted by atomic mass is 10.0. The van der Waals surface area contributed by atoms with E-state index in [0.29, 0.717) is 13.2 Å². The fourth-order valence-corrected chi connectivity index (χ4v) is 5.00. The summed E-state index contributed by atoms with van der Waals surface area (Å²) in [6.07, 6.45) is 1.53. The van der Waals surface area contributed by atoms with Gasteiger partial charge in [0.05, 0.1) is 28.7 Å². The van der Waals surface area contributed by atoms with Crippen LogP contribution < -0.4 is 5.32 Å². The minimum absolute atomic E-state index is 0.0495. The minimum atomic E-state index is -3.72. The molecular formula is C21H25ClN2O4S. The second kappa shape index (κ2) is 9.26. The molecule has 0 saturated carbocycles. The van der Waals surface area contributed by atoms with Crippen molar-refractivity contribution in [2.24, 2.45) is 0 Å². The van der Waals surface area contributed by atoms with Gasteiger partial charge in [-0.15, -0.1) is 0 Å². The normalized spacial score (nSPS) is 15.3. The lowest BCUT2D eigenvalue weighted by molar-refractivity contribution is 0.0730. The molecule has 1 amide bonds. The summed E-state index contributed by atoms with van der Waals surface area (Å²) in [7, 11) is -3.72. The summed E-state index contributed by atoms with van der Waals surface area (Å²) in [6.45, 7) is 5.33. The molecule has 2 aromatic rings. The van der Waals surface area contributed by atoms with Gasteiger partial charge in [-0.3, -0.25) is 4.79 Å². The van der Waals surface area contributed by atoms with Gasteiger partial charge in [-0.1, -0.05) is 43.6 Å². The number of morpholine rings is 1. The van der Waals surface area contributed by atoms with Crippen LogP contribution in [-0.4, -0.2) is 44.9 Å². The van der Waals surface area contributed by atoms with Crippen molar-refractivity contribution in [1.82, 2.24) is 4.31 Å². The molecule has 0 radical (unpaired) electrons. The van der Waals surface area contributed by atoms with Gasteiger partial charge in [0, 0.05) is 18.8 Å². The number of amides is 1. The van der Waals surface area contributed by atoms with Crippen molar-refractivity contribution >= 4 is 33.2 Å². The van der Waals surface area contributed by atoms with E-state index in [2.05, 4.69) is 5.32 Å². The van der Waals surface area contributed by atoms with E-state index in [1.807, 2.05) is 32.0 Å². The summed E-state index contributed by atoms with van der Waals surface area (Å²) in [5.41, 5.74) is 2.94. The Labute approximate surface area is 176 Å². The van der Waals surface area contributed by atoms with E-state index in [-0.39, 0.29) is 28.6 Å². The van der Waals surface area contributed by atoms with Crippen molar-refractivity contribution in [3.8, 4) is 0 Å². The molecule has 1 saturated heterocycles. The summed E-state index contributed by atoms with van der Waals surface area (Å²) < 4.78 is 32.5. The molecule has 1 N–H and O–H groups in total. The quantitative estimate of drug-likeness (QED) is 0.748. The van der Waals surface area contributed by atoms with Crippen molar-refractivity contribution in [2.45, 2.75) is 31.6 Å². The molecule has 2 aromatic carbocycles. The van der Waals surface area contributed by atoms with Crippen LogP contribution in [0.1, 0.15) is 35.3 Å². The Morgan fingerprint density at radius 2 is 1.72 bits per heavy atom. The van der Waals surface area contributed by atoms with Gasteiger partial charge < -0.3 is 10.1 Å². The number of rotatable bonds is 6. The van der Waals surface area contributed by atoms with Crippen LogP contribution in [0.4, 0.5) is 5.69 Å². The number of benzene rings is 2. The number of anilines is 1. The highest BCUT2D eigenvalue weighted by molar-refractivity contribution is 7.89. The van der Waals surface area contributed by atoms with E-state index in [9.17, 15) is 13.2 Å². The summed E-state index contributed by atoms with van der Waals surface area (Å²) >= 11 is 6.25. The molecule has 0 aromatic heterocycles. The molecule has 1 aliphatic heterocycles. The highest BCUT2D eigenvalue weighted by Gasteiger charge is 2.27. The van der Waals surface area contributed by atoms with Gasteiger partial charge in [0.1, 0.15) is 0 Å². The van der Waals surface area contributed by atoms with E-state index in [1.54, 1.807) is 0 Å². The molecule has 1 fully saturated rings. The van der Waals surface area contributed by atoms with Gasteiger partial charge in [0.2, 0.25) is 10.0 Å². The first-order valence-corrected chi connectivity index (χ1v) is 11.5. The molecule has 1 heterocycles. The van der Waals surface area contributed by atoms with Crippen LogP contribution in [0.25, 0.3) is 0 Å². The molecule has 3 rings (SSSR count). The first-order valence-electron chi connectivity index (χ1n) is 9.68. The molecular weight excluding hydrogens is 412 g/mol. The maximum Gasteiger partial charge on any atom is 0.257 e. The molecule has 6 nitrogen and oxygen atoms in total. The number of hydrogen-bond donors (Lipinski definition) is 1. The van der Waals surface area contributed by atoms with Crippen LogP contribution in [0.3, 0.4) is 0 Å². The summed E-state index contributed by atoms with van der Waals surface area (Å²) in [4.78, 5) is 13.1. The fraction of sp³-hybridized carbons (Fsp3) is 0.381. The van der Waals surface area contributed by atoms with E-state index < -0.39 is 15.9 Å². The maximum atomic E-state index is 13.0. The van der Waals surface area contributed by atoms with Gasteiger partial charge in [-0.25, -0.2) is 8.42 Å². The number of para-hydroxylation sites is 1. The lowest BCUT2D eigenvalue weighted by Crippen LogP contribution is -2.40. The van der Waals surface area contributed by atoms with Crippen LogP contribution in [0, 0.1) is 0 Å². The summed E-state index contributed by atoms with van der Waals surface area (Å²) in [5, 5.41) is 3.15. The van der Waals surface area contributed by atoms with Crippen molar-refractivity contribution in [3.63, 3.8) is 0 Å². The highest BCUT2D eigenvalue weighted by atomic mass is 35.5. The van der Waals surface area contributed by atoms with Crippen LogP contribution in [0.15, 0.2) is 41.3 Å². The third kappa shape index (κ3) is 4.64. The van der Waals surface area contributed by atoms with Crippen molar-refractivity contribution < 1.29 is 17.9 Å². The molecule has 1 aliphatic rings. The number of sulfonamides is 1. The number of aryl methyl sites for hydroxylation is 2. The number of nitrogens with one attached hydrogen (secondary N) is 1. The molecule has 0 unspecified atom stereocenters.